The minimum Gasteiger partial charge on any atom is -0.490 e. The Morgan fingerprint density at radius 2 is 1.94 bits per heavy atom. The summed E-state index contributed by atoms with van der Waals surface area (Å²) >= 11 is 0. The summed E-state index contributed by atoms with van der Waals surface area (Å²) < 4.78 is 6.27. The fourth-order valence-electron chi connectivity index (χ4n) is 5.34. The van der Waals surface area contributed by atoms with Gasteiger partial charge in [-0.1, -0.05) is 26.0 Å². The molecule has 2 aromatic carbocycles. The van der Waals surface area contributed by atoms with Crippen LogP contribution in [0.25, 0.3) is 11.1 Å². The van der Waals surface area contributed by atoms with Crippen LogP contribution in [0.3, 0.4) is 0 Å². The standard InChI is InChI=1S/C28H28N2O2/c1-16(2)32-25-14-23-22(13-21(25)18-7-9-30-10-8-18)27(31)26-20-6-5-17(15-29)11-19(20)12-24(26)28(23,3)4/h5-7,11,13-14,16,30H,8-10,12H2,1-4H3. The van der Waals surface area contributed by atoms with E-state index in [1.807, 2.05) is 32.0 Å². The Labute approximate surface area is 189 Å². The molecule has 1 heterocycles. The monoisotopic (exact) mass is 424 g/mol. The maximum Gasteiger partial charge on any atom is 0.193 e. The SMILES string of the molecule is CC(C)Oc1cc2c(cc1C1=CCNCC1)C(=O)C1=C(Cc3cc(C#N)ccc31)C2(C)C. The van der Waals surface area contributed by atoms with Crippen molar-refractivity contribution >= 4 is 16.9 Å². The van der Waals surface area contributed by atoms with Crippen LogP contribution in [0.1, 0.15) is 72.3 Å². The highest BCUT2D eigenvalue weighted by atomic mass is 16.5. The van der Waals surface area contributed by atoms with Crippen LogP contribution in [0.2, 0.25) is 0 Å². The van der Waals surface area contributed by atoms with E-state index in [0.717, 1.165) is 64.2 Å². The normalized spacial score (nSPS) is 18.6. The first-order valence-corrected chi connectivity index (χ1v) is 11.4. The lowest BCUT2D eigenvalue weighted by Gasteiger charge is -2.35. The molecule has 2 aliphatic carbocycles. The van der Waals surface area contributed by atoms with Crippen LogP contribution in [0.15, 0.2) is 42.0 Å². The number of nitriles is 1. The summed E-state index contributed by atoms with van der Waals surface area (Å²) in [5.74, 6) is 0.948. The molecule has 0 atom stereocenters. The predicted molar refractivity (Wildman–Crippen MR) is 127 cm³/mol. The van der Waals surface area contributed by atoms with E-state index in [4.69, 9.17) is 4.74 Å². The molecule has 3 aliphatic rings. The largest absolute Gasteiger partial charge is 0.490 e. The Morgan fingerprint density at radius 1 is 1.12 bits per heavy atom. The highest BCUT2D eigenvalue weighted by Gasteiger charge is 2.43. The number of rotatable bonds is 3. The van der Waals surface area contributed by atoms with Crippen LogP contribution < -0.4 is 10.1 Å². The van der Waals surface area contributed by atoms with E-state index in [1.54, 1.807) is 0 Å². The number of nitrogens with one attached hydrogen (secondary N) is 1. The molecular weight excluding hydrogens is 396 g/mol. The van der Waals surface area contributed by atoms with Crippen LogP contribution >= 0.6 is 0 Å². The number of nitrogens with zero attached hydrogens (tertiary/aromatic N) is 1. The summed E-state index contributed by atoms with van der Waals surface area (Å²) in [6, 6.07) is 12.1. The molecule has 1 aliphatic heterocycles. The molecule has 4 heteroatoms. The van der Waals surface area contributed by atoms with Crippen LogP contribution in [0.4, 0.5) is 0 Å². The van der Waals surface area contributed by atoms with Crippen molar-refractivity contribution in [2.24, 2.45) is 0 Å². The molecule has 0 unspecified atom stereocenters. The van der Waals surface area contributed by atoms with Crippen molar-refractivity contribution in [3.05, 3.63) is 75.4 Å². The molecule has 0 saturated heterocycles. The summed E-state index contributed by atoms with van der Waals surface area (Å²) in [5.41, 5.74) is 8.42. The second-order valence-electron chi connectivity index (χ2n) is 9.71. The smallest absolute Gasteiger partial charge is 0.193 e. The fraction of sp³-hybridized carbons (Fsp3) is 0.357. The van der Waals surface area contributed by atoms with Crippen molar-refractivity contribution in [3.63, 3.8) is 0 Å². The van der Waals surface area contributed by atoms with Gasteiger partial charge in [-0.05, 0) is 85.3 Å². The molecule has 0 radical (unpaired) electrons. The van der Waals surface area contributed by atoms with E-state index >= 15 is 0 Å². The van der Waals surface area contributed by atoms with Gasteiger partial charge in [-0.15, -0.1) is 0 Å². The molecule has 0 fully saturated rings. The molecule has 162 valence electrons. The number of benzene rings is 2. The minimum absolute atomic E-state index is 0.0476. The average Bonchev–Trinajstić information content (AvgIpc) is 3.17. The third-order valence-corrected chi connectivity index (χ3v) is 6.96. The van der Waals surface area contributed by atoms with Gasteiger partial charge in [-0.25, -0.2) is 0 Å². The Balaban J connectivity index is 1.70. The first kappa shape index (κ1) is 20.7. The van der Waals surface area contributed by atoms with Crippen molar-refractivity contribution in [2.45, 2.75) is 52.1 Å². The molecule has 4 nitrogen and oxygen atoms in total. The van der Waals surface area contributed by atoms with Gasteiger partial charge in [0.2, 0.25) is 0 Å². The predicted octanol–water partition coefficient (Wildman–Crippen LogP) is 5.21. The number of Topliss-reactive ketones (excluding diaryl/α,β-unsaturated/α-hetero) is 1. The van der Waals surface area contributed by atoms with Gasteiger partial charge >= 0.3 is 0 Å². The summed E-state index contributed by atoms with van der Waals surface area (Å²) in [6.07, 6.45) is 3.87. The van der Waals surface area contributed by atoms with Gasteiger partial charge in [-0.2, -0.15) is 5.26 Å². The van der Waals surface area contributed by atoms with Gasteiger partial charge in [0, 0.05) is 28.7 Å². The number of carbonyl (C=O) groups is 1. The lowest BCUT2D eigenvalue weighted by Crippen LogP contribution is -2.30. The molecule has 5 rings (SSSR count). The number of ketones is 1. The van der Waals surface area contributed by atoms with Crippen molar-refractivity contribution in [1.29, 1.82) is 5.26 Å². The van der Waals surface area contributed by atoms with E-state index in [2.05, 4.69) is 43.4 Å². The average molecular weight is 425 g/mol. The zero-order valence-electron chi connectivity index (χ0n) is 19.1. The van der Waals surface area contributed by atoms with Crippen LogP contribution in [-0.4, -0.2) is 25.0 Å². The first-order valence-electron chi connectivity index (χ1n) is 11.4. The Hall–Kier alpha value is -3.16. The number of fused-ring (bicyclic) bond motifs is 3. The van der Waals surface area contributed by atoms with Gasteiger partial charge in [0.1, 0.15) is 5.75 Å². The van der Waals surface area contributed by atoms with Crippen molar-refractivity contribution < 1.29 is 9.53 Å². The zero-order valence-corrected chi connectivity index (χ0v) is 19.1. The highest BCUT2D eigenvalue weighted by Crippen LogP contribution is 2.51. The molecule has 0 amide bonds. The third-order valence-electron chi connectivity index (χ3n) is 6.96. The lowest BCUT2D eigenvalue weighted by atomic mass is 9.68. The third kappa shape index (κ3) is 3.12. The number of allylic oxidation sites excluding steroid dienone is 2. The topological polar surface area (TPSA) is 62.1 Å². The van der Waals surface area contributed by atoms with Crippen LogP contribution in [0.5, 0.6) is 5.75 Å². The van der Waals surface area contributed by atoms with Gasteiger partial charge < -0.3 is 10.1 Å². The minimum atomic E-state index is -0.305. The Kier molecular flexibility index (Phi) is 4.83. The van der Waals surface area contributed by atoms with Crippen LogP contribution in [0, 0.1) is 11.3 Å². The van der Waals surface area contributed by atoms with Crippen molar-refractivity contribution in [3.8, 4) is 11.8 Å². The summed E-state index contributed by atoms with van der Waals surface area (Å²) in [7, 11) is 0. The number of carbonyl (C=O) groups excluding carboxylic acids is 1. The van der Waals surface area contributed by atoms with Gasteiger partial charge in [-0.3, -0.25) is 4.79 Å². The van der Waals surface area contributed by atoms with E-state index < -0.39 is 0 Å². The Bertz CT molecular complexity index is 1250. The molecular formula is C28H28N2O2. The van der Waals surface area contributed by atoms with Crippen molar-refractivity contribution in [2.75, 3.05) is 13.1 Å². The molecule has 0 saturated carbocycles. The maximum absolute atomic E-state index is 13.9. The van der Waals surface area contributed by atoms with Gasteiger partial charge in [0.25, 0.3) is 0 Å². The molecule has 0 bridgehead atoms. The second-order valence-corrected chi connectivity index (χ2v) is 9.71. The maximum atomic E-state index is 13.9. The lowest BCUT2D eigenvalue weighted by molar-refractivity contribution is 0.105. The quantitative estimate of drug-likeness (QED) is 0.735. The van der Waals surface area contributed by atoms with E-state index in [1.165, 1.54) is 5.57 Å². The molecule has 1 N–H and O–H groups in total. The number of hydrogen-bond acceptors (Lipinski definition) is 4. The molecule has 0 aromatic heterocycles. The first-order chi connectivity index (χ1) is 15.3. The number of ether oxygens (including phenoxy) is 1. The second kappa shape index (κ2) is 7.46. The van der Waals surface area contributed by atoms with E-state index in [0.29, 0.717) is 12.0 Å². The Morgan fingerprint density at radius 3 is 2.62 bits per heavy atom. The fourth-order valence-corrected chi connectivity index (χ4v) is 5.34. The molecule has 2 aromatic rings. The van der Waals surface area contributed by atoms with Crippen LogP contribution in [-0.2, 0) is 11.8 Å². The van der Waals surface area contributed by atoms with Gasteiger partial charge in [0.15, 0.2) is 5.78 Å². The zero-order chi connectivity index (χ0) is 22.6. The molecule has 32 heavy (non-hydrogen) atoms. The van der Waals surface area contributed by atoms with Gasteiger partial charge in [0.05, 0.1) is 17.7 Å². The van der Waals surface area contributed by atoms with E-state index in [9.17, 15) is 10.1 Å². The molecule has 0 spiro atoms. The van der Waals surface area contributed by atoms with E-state index in [-0.39, 0.29) is 17.3 Å². The summed E-state index contributed by atoms with van der Waals surface area (Å²) in [5, 5.41) is 12.7. The number of hydrogen-bond donors (Lipinski definition) is 1. The highest BCUT2D eigenvalue weighted by molar-refractivity contribution is 6.33. The van der Waals surface area contributed by atoms with Crippen molar-refractivity contribution in [1.82, 2.24) is 5.32 Å². The summed E-state index contributed by atoms with van der Waals surface area (Å²) in [4.78, 5) is 13.9. The summed E-state index contributed by atoms with van der Waals surface area (Å²) in [6.45, 7) is 10.2.